The van der Waals surface area contributed by atoms with Gasteiger partial charge in [0.05, 0.1) is 11.8 Å². The molecule has 5 N–H and O–H groups in total. The van der Waals surface area contributed by atoms with Gasteiger partial charge < -0.3 is 28.4 Å². The molecule has 0 saturated heterocycles. The molecule has 5 amide bonds. The third-order valence-electron chi connectivity index (χ3n) is 8.94. The Balaban J connectivity index is 1.77. The van der Waals surface area contributed by atoms with Gasteiger partial charge >= 0.3 is 36.4 Å². The number of benzene rings is 3. The Hall–Kier alpha value is -7.30. The topological polar surface area (TPSA) is 218 Å². The van der Waals surface area contributed by atoms with Crippen molar-refractivity contribution in [1.29, 1.82) is 0 Å². The zero-order valence-corrected chi connectivity index (χ0v) is 34.1. The summed E-state index contributed by atoms with van der Waals surface area (Å²) in [6.07, 6.45) is 0.393. The van der Waals surface area contributed by atoms with Crippen molar-refractivity contribution in [1.82, 2.24) is 0 Å². The van der Waals surface area contributed by atoms with Crippen molar-refractivity contribution in [3.8, 4) is 0 Å². The van der Waals surface area contributed by atoms with Gasteiger partial charge in [0.1, 0.15) is 39.6 Å². The molecule has 3 rings (SSSR count). The van der Waals surface area contributed by atoms with Crippen molar-refractivity contribution in [3.05, 3.63) is 115 Å². The second kappa shape index (κ2) is 23.8. The molecule has 0 aliphatic carbocycles. The summed E-state index contributed by atoms with van der Waals surface area (Å²) in [7, 11) is 0. The Labute approximate surface area is 348 Å². The highest BCUT2D eigenvalue weighted by Crippen LogP contribution is 2.29. The Morgan fingerprint density at radius 2 is 0.817 bits per heavy atom. The monoisotopic (exact) mass is 829 g/mol. The van der Waals surface area contributed by atoms with Gasteiger partial charge in [0.15, 0.2) is 0 Å². The quantitative estimate of drug-likeness (QED) is 0.0410. The van der Waals surface area contributed by atoms with E-state index in [0.29, 0.717) is 50.7 Å². The lowest BCUT2D eigenvalue weighted by molar-refractivity contribution is -0.141. The summed E-state index contributed by atoms with van der Waals surface area (Å²) >= 11 is 0. The molecule has 0 aliphatic heterocycles. The van der Waals surface area contributed by atoms with E-state index in [1.807, 2.05) is 0 Å². The van der Waals surface area contributed by atoms with Crippen LogP contribution in [0.25, 0.3) is 0 Å². The molecule has 0 fully saturated rings. The lowest BCUT2D eigenvalue weighted by atomic mass is 9.88. The van der Waals surface area contributed by atoms with Crippen LogP contribution in [0.4, 0.5) is 52.4 Å². The second-order valence-corrected chi connectivity index (χ2v) is 13.2. The molecule has 0 atom stereocenters. The van der Waals surface area contributed by atoms with Gasteiger partial charge in [0, 0.05) is 28.4 Å². The zero-order chi connectivity index (χ0) is 44.1. The largest absolute Gasteiger partial charge is 0.461 e. The Bertz CT molecular complexity index is 1830. The van der Waals surface area contributed by atoms with E-state index in [2.05, 4.69) is 46.3 Å². The molecule has 17 nitrogen and oxygen atoms in total. The van der Waals surface area contributed by atoms with Crippen molar-refractivity contribution in [2.24, 2.45) is 5.41 Å². The average molecular weight is 830 g/mol. The highest BCUT2D eigenvalue weighted by Gasteiger charge is 2.35. The molecular weight excluding hydrogens is 778 g/mol. The summed E-state index contributed by atoms with van der Waals surface area (Å²) in [5, 5.41) is 13.1. The van der Waals surface area contributed by atoms with E-state index in [0.717, 1.165) is 0 Å². The second-order valence-electron chi connectivity index (χ2n) is 13.2. The van der Waals surface area contributed by atoms with Crippen LogP contribution in [0.5, 0.6) is 0 Å². The van der Waals surface area contributed by atoms with Gasteiger partial charge in [-0.3, -0.25) is 31.4 Å². The maximum Gasteiger partial charge on any atom is 0.411 e. The highest BCUT2D eigenvalue weighted by molar-refractivity contribution is 5.92. The fourth-order valence-corrected chi connectivity index (χ4v) is 5.27. The molecule has 0 aliphatic rings. The van der Waals surface area contributed by atoms with Gasteiger partial charge in [-0.2, -0.15) is 0 Å². The lowest BCUT2D eigenvalue weighted by Crippen LogP contribution is -2.40. The predicted octanol–water partition coefficient (Wildman–Crippen LogP) is 8.79. The first kappa shape index (κ1) is 47.1. The molecule has 320 valence electrons. The zero-order valence-electron chi connectivity index (χ0n) is 34.1. The normalized spacial score (nSPS) is 10.5. The van der Waals surface area contributed by atoms with E-state index in [-0.39, 0.29) is 52.5 Å². The highest BCUT2D eigenvalue weighted by atomic mass is 16.6. The van der Waals surface area contributed by atoms with Crippen LogP contribution < -0.4 is 26.6 Å². The molecule has 60 heavy (non-hydrogen) atoms. The van der Waals surface area contributed by atoms with Crippen LogP contribution in [0.2, 0.25) is 0 Å². The molecule has 3 aromatic carbocycles. The third kappa shape index (κ3) is 14.9. The summed E-state index contributed by atoms with van der Waals surface area (Å²) in [5.74, 6) is -0.467. The van der Waals surface area contributed by atoms with Crippen LogP contribution in [-0.4, -0.2) is 76.1 Å². The van der Waals surface area contributed by atoms with E-state index in [1.54, 1.807) is 82.3 Å². The first-order chi connectivity index (χ1) is 28.7. The molecule has 0 bridgehead atoms. The van der Waals surface area contributed by atoms with Crippen molar-refractivity contribution in [3.63, 3.8) is 0 Å². The van der Waals surface area contributed by atoms with Crippen LogP contribution in [0.1, 0.15) is 35.6 Å². The van der Waals surface area contributed by atoms with Crippen molar-refractivity contribution in [2.45, 2.75) is 40.5 Å². The number of anilines is 5. The van der Waals surface area contributed by atoms with Crippen molar-refractivity contribution >= 4 is 64.9 Å². The van der Waals surface area contributed by atoms with Crippen LogP contribution in [0, 0.1) is 26.2 Å². The van der Waals surface area contributed by atoms with E-state index < -0.39 is 41.9 Å². The Morgan fingerprint density at radius 3 is 1.17 bits per heavy atom. The van der Waals surface area contributed by atoms with Gasteiger partial charge in [-0.25, -0.2) is 24.0 Å². The number of ether oxygens (including phenoxy) is 6. The maximum atomic E-state index is 13.2. The standard InChI is InChI=1S/C43H51N5O12/c1-8-21-55-37(49)24-31-15-12-16-32(28(31)5)44-40(52)58-25-43(11-4,26-59-41(53)47-35-19-13-17-33(29(35)6)45-38(50)56-22-9-2)27-60-42(54)48-36-20-14-18-34(30(36)7)46-39(51)57-23-10-3/h8-10,12-20H,1-3,11,21-27H2,4-7H3,(H,44,52)(H,45,50)(H,46,51)(H,47,53)(H,48,54). The van der Waals surface area contributed by atoms with Crippen LogP contribution in [0.3, 0.4) is 0 Å². The summed E-state index contributed by atoms with van der Waals surface area (Å²) in [4.78, 5) is 76.0. The molecule has 0 heterocycles. The number of nitrogens with one attached hydrogen (secondary N) is 5. The first-order valence-corrected chi connectivity index (χ1v) is 18.7. The SMILES string of the molecule is C=CCOC(=O)Cc1cccc(NC(=O)OCC(CC)(COC(=O)Nc2cccc(NC(=O)OCC=C)c2C)COC(=O)Nc2cccc(NC(=O)OCC=C)c2C)c1C. The van der Waals surface area contributed by atoms with Gasteiger partial charge in [-0.05, 0) is 79.8 Å². The Kier molecular flexibility index (Phi) is 18.7. The third-order valence-corrected chi connectivity index (χ3v) is 8.94. The number of amides is 5. The molecule has 0 spiro atoms. The number of hydrogen-bond acceptors (Lipinski definition) is 12. The molecule has 0 unspecified atom stereocenters. The maximum absolute atomic E-state index is 13.2. The minimum atomic E-state index is -1.27. The number of esters is 1. The molecule has 0 saturated carbocycles. The van der Waals surface area contributed by atoms with Crippen molar-refractivity contribution < 1.29 is 57.2 Å². The van der Waals surface area contributed by atoms with Gasteiger partial charge in [-0.1, -0.05) is 69.2 Å². The van der Waals surface area contributed by atoms with E-state index in [9.17, 15) is 28.8 Å². The minimum Gasteiger partial charge on any atom is -0.461 e. The van der Waals surface area contributed by atoms with Crippen LogP contribution in [-0.2, 0) is 39.6 Å². The first-order valence-electron chi connectivity index (χ1n) is 18.7. The Morgan fingerprint density at radius 1 is 0.500 bits per heavy atom. The fourth-order valence-electron chi connectivity index (χ4n) is 5.27. The number of hydrogen-bond donors (Lipinski definition) is 5. The average Bonchev–Trinajstić information content (AvgIpc) is 3.22. The van der Waals surface area contributed by atoms with E-state index >= 15 is 0 Å². The molecule has 17 heteroatoms. The lowest BCUT2D eigenvalue weighted by Gasteiger charge is -2.31. The number of carbonyl (C=O) groups is 6. The summed E-state index contributed by atoms with van der Waals surface area (Å²) in [6.45, 7) is 16.3. The fraction of sp³-hybridized carbons (Fsp3) is 0.302. The molecule has 0 aromatic heterocycles. The predicted molar refractivity (Wildman–Crippen MR) is 226 cm³/mol. The van der Waals surface area contributed by atoms with Crippen LogP contribution in [0.15, 0.2) is 92.6 Å². The van der Waals surface area contributed by atoms with Gasteiger partial charge in [-0.15, -0.1) is 0 Å². The smallest absolute Gasteiger partial charge is 0.411 e. The summed E-state index contributed by atoms with van der Waals surface area (Å²) in [5.41, 5.74) is 2.75. The summed E-state index contributed by atoms with van der Waals surface area (Å²) in [6, 6.07) is 14.7. The van der Waals surface area contributed by atoms with Gasteiger partial charge in [0.2, 0.25) is 0 Å². The van der Waals surface area contributed by atoms with Gasteiger partial charge in [0.25, 0.3) is 0 Å². The molecule has 0 radical (unpaired) electrons. The van der Waals surface area contributed by atoms with E-state index in [1.165, 1.54) is 18.2 Å². The molecular formula is C43H51N5O12. The number of carbonyl (C=O) groups excluding carboxylic acids is 6. The van der Waals surface area contributed by atoms with Crippen LogP contribution >= 0.6 is 0 Å². The minimum absolute atomic E-state index is 0.00557. The van der Waals surface area contributed by atoms with Crippen molar-refractivity contribution in [2.75, 3.05) is 66.2 Å². The van der Waals surface area contributed by atoms with E-state index in [4.69, 9.17) is 28.4 Å². The molecule has 3 aromatic rings. The number of rotatable bonds is 20. The summed E-state index contributed by atoms with van der Waals surface area (Å²) < 4.78 is 31.9.